The van der Waals surface area contributed by atoms with Crippen LogP contribution in [0.2, 0.25) is 0 Å². The minimum absolute atomic E-state index is 0.452. The van der Waals surface area contributed by atoms with Gasteiger partial charge in [-0.1, -0.05) is 19.8 Å². The Morgan fingerprint density at radius 1 is 1.46 bits per heavy atom. The molecule has 13 heavy (non-hydrogen) atoms. The second-order valence-corrected chi connectivity index (χ2v) is 3.99. The van der Waals surface area contributed by atoms with Crippen LogP contribution < -0.4 is 5.32 Å². The predicted octanol–water partition coefficient (Wildman–Crippen LogP) is 2.28. The van der Waals surface area contributed by atoms with E-state index in [4.69, 9.17) is 0 Å². The molecular weight excluding hydrogens is 162 g/mol. The molecule has 0 aliphatic carbocycles. The normalized spacial score (nSPS) is 22.1. The molecule has 1 N–H and O–H groups in total. The van der Waals surface area contributed by atoms with Crippen LogP contribution in [0.25, 0.3) is 0 Å². The Morgan fingerprint density at radius 2 is 2.31 bits per heavy atom. The Labute approximate surface area is 81.1 Å². The molecule has 76 valence electrons. The highest BCUT2D eigenvalue weighted by Gasteiger charge is 2.16. The van der Waals surface area contributed by atoms with Crippen molar-refractivity contribution in [1.29, 1.82) is 0 Å². The zero-order valence-corrected chi connectivity index (χ0v) is 8.64. The summed E-state index contributed by atoms with van der Waals surface area (Å²) in [5, 5.41) is 3.36. The quantitative estimate of drug-likeness (QED) is 0.640. The van der Waals surface area contributed by atoms with Crippen molar-refractivity contribution in [2.75, 3.05) is 6.54 Å². The zero-order chi connectivity index (χ0) is 9.52. The van der Waals surface area contributed by atoms with Crippen LogP contribution in [0.3, 0.4) is 0 Å². The maximum Gasteiger partial charge on any atom is 0.134 e. The van der Waals surface area contributed by atoms with Crippen LogP contribution in [0.5, 0.6) is 0 Å². The first-order valence-electron chi connectivity index (χ1n) is 5.58. The molecular formula is C11H21NO. The summed E-state index contributed by atoms with van der Waals surface area (Å²) in [6.45, 7) is 3.27. The topological polar surface area (TPSA) is 29.1 Å². The first kappa shape index (κ1) is 10.7. The van der Waals surface area contributed by atoms with E-state index in [0.717, 1.165) is 25.8 Å². The van der Waals surface area contributed by atoms with Crippen LogP contribution in [0, 0.1) is 0 Å². The molecule has 1 aliphatic rings. The number of Topliss-reactive ketones (excluding diaryl/α,β-unsaturated/α-hetero) is 1. The Hall–Kier alpha value is -0.370. The third-order valence-corrected chi connectivity index (χ3v) is 2.70. The SMILES string of the molecule is CCCCCC(=O)CC1CCCN1. The molecule has 1 saturated heterocycles. The molecule has 0 radical (unpaired) electrons. The lowest BCUT2D eigenvalue weighted by Crippen LogP contribution is -2.24. The van der Waals surface area contributed by atoms with E-state index >= 15 is 0 Å². The Morgan fingerprint density at radius 3 is 2.92 bits per heavy atom. The van der Waals surface area contributed by atoms with Crippen molar-refractivity contribution in [2.24, 2.45) is 0 Å². The Kier molecular flexibility index (Phi) is 5.06. The Balaban J connectivity index is 2.02. The summed E-state index contributed by atoms with van der Waals surface area (Å²) >= 11 is 0. The standard InChI is InChI=1S/C11H21NO/c1-2-3-4-7-11(13)9-10-6-5-8-12-10/h10,12H,2-9H2,1H3. The molecule has 0 saturated carbocycles. The summed E-state index contributed by atoms with van der Waals surface area (Å²) in [5.74, 6) is 0.452. The van der Waals surface area contributed by atoms with Gasteiger partial charge in [-0.2, -0.15) is 0 Å². The molecule has 2 nitrogen and oxygen atoms in total. The van der Waals surface area contributed by atoms with Gasteiger partial charge in [0.25, 0.3) is 0 Å². The number of nitrogens with one attached hydrogen (secondary N) is 1. The van der Waals surface area contributed by atoms with Gasteiger partial charge in [-0.3, -0.25) is 4.79 Å². The summed E-state index contributed by atoms with van der Waals surface area (Å²) in [7, 11) is 0. The van der Waals surface area contributed by atoms with E-state index in [0.29, 0.717) is 11.8 Å². The van der Waals surface area contributed by atoms with Crippen molar-refractivity contribution in [3.05, 3.63) is 0 Å². The van der Waals surface area contributed by atoms with Gasteiger partial charge in [0.05, 0.1) is 0 Å². The van der Waals surface area contributed by atoms with Gasteiger partial charge in [-0.25, -0.2) is 0 Å². The van der Waals surface area contributed by atoms with E-state index in [1.807, 2.05) is 0 Å². The highest BCUT2D eigenvalue weighted by atomic mass is 16.1. The van der Waals surface area contributed by atoms with Crippen molar-refractivity contribution in [1.82, 2.24) is 5.32 Å². The van der Waals surface area contributed by atoms with Crippen molar-refractivity contribution in [3.8, 4) is 0 Å². The number of carbonyl (C=O) groups is 1. The lowest BCUT2D eigenvalue weighted by atomic mass is 10.0. The number of rotatable bonds is 6. The fourth-order valence-corrected chi connectivity index (χ4v) is 1.88. The van der Waals surface area contributed by atoms with E-state index in [-0.39, 0.29) is 0 Å². The lowest BCUT2D eigenvalue weighted by Gasteiger charge is -2.08. The second kappa shape index (κ2) is 6.14. The summed E-state index contributed by atoms with van der Waals surface area (Å²) in [4.78, 5) is 11.4. The van der Waals surface area contributed by atoms with Gasteiger partial charge in [-0.05, 0) is 25.8 Å². The molecule has 0 aromatic rings. The average molecular weight is 183 g/mol. The maximum atomic E-state index is 11.4. The smallest absolute Gasteiger partial charge is 0.134 e. The number of carbonyl (C=O) groups excluding carboxylic acids is 1. The zero-order valence-electron chi connectivity index (χ0n) is 8.64. The fraction of sp³-hybridized carbons (Fsp3) is 0.909. The van der Waals surface area contributed by atoms with Gasteiger partial charge in [-0.15, -0.1) is 0 Å². The maximum absolute atomic E-state index is 11.4. The number of hydrogen-bond donors (Lipinski definition) is 1. The summed E-state index contributed by atoms with van der Waals surface area (Å²) in [5.41, 5.74) is 0. The molecule has 0 aromatic heterocycles. The molecule has 2 heteroatoms. The van der Waals surface area contributed by atoms with E-state index in [1.54, 1.807) is 0 Å². The first-order chi connectivity index (χ1) is 6.33. The molecule has 1 unspecified atom stereocenters. The van der Waals surface area contributed by atoms with Crippen molar-refractivity contribution >= 4 is 5.78 Å². The molecule has 1 aliphatic heterocycles. The molecule has 1 atom stereocenters. The molecule has 1 heterocycles. The largest absolute Gasteiger partial charge is 0.314 e. The third kappa shape index (κ3) is 4.41. The molecule has 0 aromatic carbocycles. The van der Waals surface area contributed by atoms with Crippen LogP contribution >= 0.6 is 0 Å². The summed E-state index contributed by atoms with van der Waals surface area (Å²) < 4.78 is 0. The van der Waals surface area contributed by atoms with E-state index in [1.165, 1.54) is 25.7 Å². The number of unbranched alkanes of at least 4 members (excludes halogenated alkanes) is 2. The van der Waals surface area contributed by atoms with E-state index in [2.05, 4.69) is 12.2 Å². The van der Waals surface area contributed by atoms with Crippen molar-refractivity contribution in [3.63, 3.8) is 0 Å². The van der Waals surface area contributed by atoms with Crippen LogP contribution in [0.1, 0.15) is 51.9 Å². The molecule has 1 rings (SSSR count). The van der Waals surface area contributed by atoms with Crippen LogP contribution in [0.15, 0.2) is 0 Å². The van der Waals surface area contributed by atoms with E-state index in [9.17, 15) is 4.79 Å². The summed E-state index contributed by atoms with van der Waals surface area (Å²) in [6, 6.07) is 0.495. The highest BCUT2D eigenvalue weighted by Crippen LogP contribution is 2.11. The number of ketones is 1. The first-order valence-corrected chi connectivity index (χ1v) is 5.58. The summed E-state index contributed by atoms with van der Waals surface area (Å²) in [6.07, 6.45) is 7.49. The van der Waals surface area contributed by atoms with E-state index < -0.39 is 0 Å². The Bertz CT molecular complexity index is 150. The highest BCUT2D eigenvalue weighted by molar-refractivity contribution is 5.78. The monoisotopic (exact) mass is 183 g/mol. The van der Waals surface area contributed by atoms with Gasteiger partial charge >= 0.3 is 0 Å². The van der Waals surface area contributed by atoms with Crippen LogP contribution in [-0.2, 0) is 4.79 Å². The second-order valence-electron chi connectivity index (χ2n) is 3.99. The van der Waals surface area contributed by atoms with Gasteiger partial charge in [0.15, 0.2) is 0 Å². The van der Waals surface area contributed by atoms with Gasteiger partial charge in [0.2, 0.25) is 0 Å². The third-order valence-electron chi connectivity index (χ3n) is 2.70. The molecule has 1 fully saturated rings. The average Bonchev–Trinajstić information content (AvgIpc) is 2.57. The fourth-order valence-electron chi connectivity index (χ4n) is 1.88. The predicted molar refractivity (Wildman–Crippen MR) is 54.8 cm³/mol. The van der Waals surface area contributed by atoms with Gasteiger partial charge in [0.1, 0.15) is 5.78 Å². The van der Waals surface area contributed by atoms with Gasteiger partial charge in [0, 0.05) is 18.9 Å². The molecule has 0 amide bonds. The molecule has 0 bridgehead atoms. The van der Waals surface area contributed by atoms with Gasteiger partial charge < -0.3 is 5.32 Å². The van der Waals surface area contributed by atoms with Crippen LogP contribution in [0.4, 0.5) is 0 Å². The minimum Gasteiger partial charge on any atom is -0.314 e. The minimum atomic E-state index is 0.452. The van der Waals surface area contributed by atoms with Crippen molar-refractivity contribution in [2.45, 2.75) is 57.9 Å². The number of hydrogen-bond acceptors (Lipinski definition) is 2. The van der Waals surface area contributed by atoms with Crippen molar-refractivity contribution < 1.29 is 4.79 Å². The lowest BCUT2D eigenvalue weighted by molar-refractivity contribution is -0.119. The van der Waals surface area contributed by atoms with Crippen LogP contribution in [-0.4, -0.2) is 18.4 Å². The molecule has 0 spiro atoms.